The van der Waals surface area contributed by atoms with Gasteiger partial charge < -0.3 is 5.11 Å². The van der Waals surface area contributed by atoms with Crippen LogP contribution in [0.2, 0.25) is 0 Å². The van der Waals surface area contributed by atoms with Crippen molar-refractivity contribution in [3.05, 3.63) is 65.2 Å². The summed E-state index contributed by atoms with van der Waals surface area (Å²) in [4.78, 5) is 1.09. The molecule has 2 aromatic rings. The van der Waals surface area contributed by atoms with Gasteiger partial charge in [0.1, 0.15) is 11.6 Å². The Bertz CT molecular complexity index is 586. The van der Waals surface area contributed by atoms with E-state index in [9.17, 15) is 13.9 Å². The van der Waals surface area contributed by atoms with Gasteiger partial charge in [-0.15, -0.1) is 11.8 Å². The zero-order chi connectivity index (χ0) is 14.5. The van der Waals surface area contributed by atoms with Gasteiger partial charge >= 0.3 is 0 Å². The highest BCUT2D eigenvalue weighted by Gasteiger charge is 2.11. The van der Waals surface area contributed by atoms with Crippen molar-refractivity contribution >= 4 is 11.8 Å². The summed E-state index contributed by atoms with van der Waals surface area (Å²) in [6.45, 7) is 2.00. The molecule has 0 aliphatic rings. The molecule has 0 aliphatic carbocycles. The first kappa shape index (κ1) is 15.0. The quantitative estimate of drug-likeness (QED) is 0.842. The van der Waals surface area contributed by atoms with E-state index >= 15 is 0 Å². The molecule has 0 heterocycles. The number of hydrogen-bond donors (Lipinski definition) is 1. The number of hydrogen-bond acceptors (Lipinski definition) is 2. The number of rotatable bonds is 5. The first-order chi connectivity index (χ1) is 9.56. The Labute approximate surface area is 121 Å². The molecule has 1 nitrogen and oxygen atoms in total. The smallest absolute Gasteiger partial charge is 0.126 e. The minimum absolute atomic E-state index is 0.114. The van der Waals surface area contributed by atoms with Gasteiger partial charge in [-0.25, -0.2) is 8.78 Å². The highest BCUT2D eigenvalue weighted by atomic mass is 32.2. The molecule has 0 bridgehead atoms. The SMILES string of the molecule is Cc1ccccc1SCC(O)Cc1cc(F)ccc1F. The summed E-state index contributed by atoms with van der Waals surface area (Å²) in [7, 11) is 0. The molecule has 1 unspecified atom stereocenters. The second-order valence-corrected chi connectivity index (χ2v) is 5.73. The topological polar surface area (TPSA) is 20.2 Å². The molecule has 0 aliphatic heterocycles. The van der Waals surface area contributed by atoms with Gasteiger partial charge in [0.15, 0.2) is 0 Å². The fraction of sp³-hybridized carbons (Fsp3) is 0.250. The lowest BCUT2D eigenvalue weighted by atomic mass is 10.1. The van der Waals surface area contributed by atoms with Gasteiger partial charge in [0.25, 0.3) is 0 Å². The lowest BCUT2D eigenvalue weighted by Crippen LogP contribution is -2.14. The van der Waals surface area contributed by atoms with Crippen LogP contribution < -0.4 is 0 Å². The van der Waals surface area contributed by atoms with Crippen molar-refractivity contribution in [1.82, 2.24) is 0 Å². The van der Waals surface area contributed by atoms with Gasteiger partial charge in [0.05, 0.1) is 6.10 Å². The largest absolute Gasteiger partial charge is 0.392 e. The predicted molar refractivity (Wildman–Crippen MR) is 78.0 cm³/mol. The van der Waals surface area contributed by atoms with Crippen LogP contribution in [0.1, 0.15) is 11.1 Å². The third-order valence-electron chi connectivity index (χ3n) is 2.99. The van der Waals surface area contributed by atoms with Gasteiger partial charge in [-0.3, -0.25) is 0 Å². The minimum atomic E-state index is -0.712. The van der Waals surface area contributed by atoms with E-state index in [0.29, 0.717) is 5.75 Å². The zero-order valence-electron chi connectivity index (χ0n) is 11.1. The lowest BCUT2D eigenvalue weighted by molar-refractivity contribution is 0.198. The Balaban J connectivity index is 1.94. The summed E-state index contributed by atoms with van der Waals surface area (Å²) in [5, 5.41) is 9.96. The van der Waals surface area contributed by atoms with E-state index < -0.39 is 17.7 Å². The van der Waals surface area contributed by atoms with Crippen molar-refractivity contribution in [2.45, 2.75) is 24.3 Å². The molecule has 4 heteroatoms. The maximum atomic E-state index is 13.5. The summed E-state index contributed by atoms with van der Waals surface area (Å²) in [6, 6.07) is 11.2. The molecule has 0 fully saturated rings. The molecule has 2 rings (SSSR count). The summed E-state index contributed by atoms with van der Waals surface area (Å²) >= 11 is 1.52. The number of aliphatic hydroxyl groups is 1. The van der Waals surface area contributed by atoms with E-state index in [4.69, 9.17) is 0 Å². The Morgan fingerprint density at radius 3 is 2.65 bits per heavy atom. The molecule has 0 saturated carbocycles. The summed E-state index contributed by atoms with van der Waals surface area (Å²) in [5.41, 5.74) is 1.35. The van der Waals surface area contributed by atoms with Crippen LogP contribution in [-0.4, -0.2) is 17.0 Å². The number of halogens is 2. The highest BCUT2D eigenvalue weighted by molar-refractivity contribution is 7.99. The van der Waals surface area contributed by atoms with Crippen molar-refractivity contribution < 1.29 is 13.9 Å². The van der Waals surface area contributed by atoms with Gasteiger partial charge in [-0.2, -0.15) is 0 Å². The fourth-order valence-electron chi connectivity index (χ4n) is 1.92. The second kappa shape index (κ2) is 6.86. The first-order valence-corrected chi connectivity index (χ1v) is 7.35. The van der Waals surface area contributed by atoms with Crippen molar-refractivity contribution in [3.63, 3.8) is 0 Å². The number of benzene rings is 2. The summed E-state index contributed by atoms with van der Waals surface area (Å²) in [6.07, 6.45) is -0.599. The summed E-state index contributed by atoms with van der Waals surface area (Å²) in [5.74, 6) is -0.521. The third kappa shape index (κ3) is 4.05. The molecule has 1 atom stereocenters. The van der Waals surface area contributed by atoms with Crippen molar-refractivity contribution in [2.24, 2.45) is 0 Å². The van der Waals surface area contributed by atoms with Crippen LogP contribution in [0.3, 0.4) is 0 Å². The predicted octanol–water partition coefficient (Wildman–Crippen LogP) is 3.97. The van der Waals surface area contributed by atoms with Crippen molar-refractivity contribution in [1.29, 1.82) is 0 Å². The molecular formula is C16H16F2OS. The van der Waals surface area contributed by atoms with Crippen LogP contribution in [0, 0.1) is 18.6 Å². The lowest BCUT2D eigenvalue weighted by Gasteiger charge is -2.12. The van der Waals surface area contributed by atoms with Crippen LogP contribution >= 0.6 is 11.8 Å². The monoisotopic (exact) mass is 294 g/mol. The Kier molecular flexibility index (Phi) is 5.15. The Morgan fingerprint density at radius 2 is 1.90 bits per heavy atom. The third-order valence-corrected chi connectivity index (χ3v) is 4.31. The van der Waals surface area contributed by atoms with Gasteiger partial charge in [-0.1, -0.05) is 18.2 Å². The average molecular weight is 294 g/mol. The summed E-state index contributed by atoms with van der Waals surface area (Å²) < 4.78 is 26.5. The van der Waals surface area contributed by atoms with Crippen molar-refractivity contribution in [2.75, 3.05) is 5.75 Å². The molecule has 2 aromatic carbocycles. The normalized spacial score (nSPS) is 12.4. The van der Waals surface area contributed by atoms with E-state index in [1.165, 1.54) is 11.8 Å². The second-order valence-electron chi connectivity index (χ2n) is 4.67. The first-order valence-electron chi connectivity index (χ1n) is 6.36. The van der Waals surface area contributed by atoms with E-state index in [0.717, 1.165) is 28.7 Å². The van der Waals surface area contributed by atoms with E-state index in [-0.39, 0.29) is 12.0 Å². The number of aryl methyl sites for hydroxylation is 1. The molecule has 0 amide bonds. The minimum Gasteiger partial charge on any atom is -0.392 e. The average Bonchev–Trinajstić information content (AvgIpc) is 2.42. The number of thioether (sulfide) groups is 1. The van der Waals surface area contributed by atoms with Gasteiger partial charge in [0, 0.05) is 17.1 Å². The van der Waals surface area contributed by atoms with Crippen LogP contribution in [-0.2, 0) is 6.42 Å². The van der Waals surface area contributed by atoms with Crippen molar-refractivity contribution in [3.8, 4) is 0 Å². The molecule has 0 saturated heterocycles. The molecule has 20 heavy (non-hydrogen) atoms. The Morgan fingerprint density at radius 1 is 1.15 bits per heavy atom. The van der Waals surface area contributed by atoms with E-state index in [1.54, 1.807) is 0 Å². The van der Waals surface area contributed by atoms with E-state index in [1.807, 2.05) is 31.2 Å². The highest BCUT2D eigenvalue weighted by Crippen LogP contribution is 2.23. The maximum Gasteiger partial charge on any atom is 0.126 e. The van der Waals surface area contributed by atoms with Gasteiger partial charge in [-0.05, 0) is 42.3 Å². The molecule has 0 aromatic heterocycles. The van der Waals surface area contributed by atoms with E-state index in [2.05, 4.69) is 0 Å². The number of aliphatic hydroxyl groups excluding tert-OH is 1. The van der Waals surface area contributed by atoms with Crippen LogP contribution in [0.4, 0.5) is 8.78 Å². The fourth-order valence-corrected chi connectivity index (χ4v) is 2.88. The standard InChI is InChI=1S/C16H16F2OS/c1-11-4-2-3-5-16(11)20-10-14(19)9-12-8-13(17)6-7-15(12)18/h2-8,14,19H,9-10H2,1H3. The molecule has 106 valence electrons. The Hall–Kier alpha value is -1.39. The zero-order valence-corrected chi connectivity index (χ0v) is 12.0. The van der Waals surface area contributed by atoms with Gasteiger partial charge in [0.2, 0.25) is 0 Å². The van der Waals surface area contributed by atoms with Crippen LogP contribution in [0.5, 0.6) is 0 Å². The van der Waals surface area contributed by atoms with Crippen LogP contribution in [0.25, 0.3) is 0 Å². The molecule has 0 radical (unpaired) electrons. The molecular weight excluding hydrogens is 278 g/mol. The maximum absolute atomic E-state index is 13.5. The molecule has 1 N–H and O–H groups in total. The molecule has 0 spiro atoms. The van der Waals surface area contributed by atoms with Crippen LogP contribution in [0.15, 0.2) is 47.4 Å².